The van der Waals surface area contributed by atoms with Crippen LogP contribution in [0.25, 0.3) is 5.76 Å². The Morgan fingerprint density at radius 2 is 1.67 bits per heavy atom. The summed E-state index contributed by atoms with van der Waals surface area (Å²) in [4.78, 5) is 30.2. The Bertz CT molecular complexity index is 1330. The minimum Gasteiger partial charge on any atom is -0.507 e. The summed E-state index contributed by atoms with van der Waals surface area (Å²) in [6, 6.07) is 21.8. The summed E-state index contributed by atoms with van der Waals surface area (Å²) < 4.78 is 12.0. The van der Waals surface area contributed by atoms with Gasteiger partial charge in [0.25, 0.3) is 11.7 Å². The van der Waals surface area contributed by atoms with E-state index < -0.39 is 17.7 Å². The molecule has 0 radical (unpaired) electrons. The molecule has 0 aliphatic carbocycles. The van der Waals surface area contributed by atoms with Gasteiger partial charge in [0.15, 0.2) is 11.5 Å². The van der Waals surface area contributed by atoms with Gasteiger partial charge in [-0.2, -0.15) is 0 Å². The fraction of sp³-hybridized carbons (Fsp3) is 0.312. The standard InChI is InChI=1S/C32H36N2O5/c1-5-38-27-20-25(16-17-26(27)39-21-23-10-7-6-8-11-23)29-28(30(35)24-14-12-22(2)13-15-24)31(36)32(37)34(29)19-9-18-33(3)4/h6-8,10-17,20,29,35H,5,9,18-19,21H2,1-4H3/b30-28+. The van der Waals surface area contributed by atoms with Crippen LogP contribution in [0.4, 0.5) is 0 Å². The number of Topliss-reactive ketones (excluding diaryl/α,β-unsaturated/α-hetero) is 1. The van der Waals surface area contributed by atoms with Crippen LogP contribution in [-0.4, -0.2) is 60.4 Å². The molecule has 7 nitrogen and oxygen atoms in total. The third-order valence-electron chi connectivity index (χ3n) is 6.69. The van der Waals surface area contributed by atoms with Gasteiger partial charge in [0.2, 0.25) is 0 Å². The molecule has 1 unspecified atom stereocenters. The fourth-order valence-corrected chi connectivity index (χ4v) is 4.70. The van der Waals surface area contributed by atoms with E-state index in [9.17, 15) is 14.7 Å². The topological polar surface area (TPSA) is 79.3 Å². The smallest absolute Gasteiger partial charge is 0.295 e. The van der Waals surface area contributed by atoms with Gasteiger partial charge in [-0.05, 0) is 64.2 Å². The van der Waals surface area contributed by atoms with Crippen molar-refractivity contribution in [3.05, 3.63) is 101 Å². The van der Waals surface area contributed by atoms with Gasteiger partial charge in [0, 0.05) is 12.1 Å². The number of aliphatic hydroxyl groups is 1. The Morgan fingerprint density at radius 1 is 0.949 bits per heavy atom. The average Bonchev–Trinajstić information content (AvgIpc) is 3.18. The first kappa shape index (κ1) is 27.9. The molecular formula is C32H36N2O5. The highest BCUT2D eigenvalue weighted by molar-refractivity contribution is 6.46. The van der Waals surface area contributed by atoms with Crippen LogP contribution in [0.3, 0.4) is 0 Å². The summed E-state index contributed by atoms with van der Waals surface area (Å²) in [5.41, 5.74) is 3.29. The number of rotatable bonds is 11. The van der Waals surface area contributed by atoms with Crippen molar-refractivity contribution in [1.29, 1.82) is 0 Å². The minimum atomic E-state index is -0.754. The van der Waals surface area contributed by atoms with Crippen molar-refractivity contribution < 1.29 is 24.2 Å². The third kappa shape index (κ3) is 6.49. The van der Waals surface area contributed by atoms with Crippen LogP contribution in [0.5, 0.6) is 11.5 Å². The number of carbonyl (C=O) groups is 2. The first-order valence-electron chi connectivity index (χ1n) is 13.2. The summed E-state index contributed by atoms with van der Waals surface area (Å²) in [6.45, 7) is 5.75. The Balaban J connectivity index is 1.75. The van der Waals surface area contributed by atoms with Crippen LogP contribution < -0.4 is 9.47 Å². The number of ether oxygens (including phenoxy) is 2. The number of ketones is 1. The molecule has 0 saturated carbocycles. The quantitative estimate of drug-likeness (QED) is 0.205. The summed E-state index contributed by atoms with van der Waals surface area (Å²) in [5, 5.41) is 11.3. The second-order valence-electron chi connectivity index (χ2n) is 9.93. The third-order valence-corrected chi connectivity index (χ3v) is 6.69. The van der Waals surface area contributed by atoms with Crippen molar-refractivity contribution >= 4 is 17.4 Å². The maximum absolute atomic E-state index is 13.3. The molecule has 1 heterocycles. The Kier molecular flexibility index (Phi) is 9.04. The van der Waals surface area contributed by atoms with E-state index in [0.29, 0.717) is 48.8 Å². The average molecular weight is 529 g/mol. The highest BCUT2D eigenvalue weighted by atomic mass is 16.5. The lowest BCUT2D eigenvalue weighted by Gasteiger charge is -2.26. The SMILES string of the molecule is CCOc1cc(C2/C(=C(\O)c3ccc(C)cc3)C(=O)C(=O)N2CCCN(C)C)ccc1OCc1ccccc1. The highest BCUT2D eigenvalue weighted by Crippen LogP contribution is 2.42. The molecule has 3 aromatic carbocycles. The summed E-state index contributed by atoms with van der Waals surface area (Å²) in [5.74, 6) is -0.413. The van der Waals surface area contributed by atoms with Gasteiger partial charge >= 0.3 is 0 Å². The van der Waals surface area contributed by atoms with E-state index in [1.54, 1.807) is 23.1 Å². The van der Waals surface area contributed by atoms with E-state index in [2.05, 4.69) is 0 Å². The lowest BCUT2D eigenvalue weighted by molar-refractivity contribution is -0.139. The van der Waals surface area contributed by atoms with Gasteiger partial charge in [-0.15, -0.1) is 0 Å². The van der Waals surface area contributed by atoms with Crippen LogP contribution in [0, 0.1) is 6.92 Å². The van der Waals surface area contributed by atoms with Gasteiger partial charge in [-0.3, -0.25) is 9.59 Å². The van der Waals surface area contributed by atoms with Gasteiger partial charge in [-0.1, -0.05) is 66.2 Å². The number of aryl methyl sites for hydroxylation is 1. The molecule has 4 rings (SSSR count). The molecule has 1 amide bonds. The molecule has 7 heteroatoms. The fourth-order valence-electron chi connectivity index (χ4n) is 4.70. The zero-order valence-electron chi connectivity index (χ0n) is 23.0. The van der Waals surface area contributed by atoms with E-state index >= 15 is 0 Å². The predicted octanol–water partition coefficient (Wildman–Crippen LogP) is 5.35. The number of carbonyl (C=O) groups excluding carboxylic acids is 2. The lowest BCUT2D eigenvalue weighted by atomic mass is 9.94. The molecule has 1 aliphatic heterocycles. The zero-order chi connectivity index (χ0) is 27.9. The van der Waals surface area contributed by atoms with Gasteiger partial charge in [0.1, 0.15) is 12.4 Å². The zero-order valence-corrected chi connectivity index (χ0v) is 23.0. The van der Waals surface area contributed by atoms with Crippen LogP contribution in [-0.2, 0) is 16.2 Å². The van der Waals surface area contributed by atoms with Crippen LogP contribution in [0.15, 0.2) is 78.4 Å². The second-order valence-corrected chi connectivity index (χ2v) is 9.93. The first-order valence-corrected chi connectivity index (χ1v) is 13.2. The molecule has 1 aliphatic rings. The number of hydrogen-bond acceptors (Lipinski definition) is 6. The van der Waals surface area contributed by atoms with Crippen molar-refractivity contribution in [2.24, 2.45) is 0 Å². The van der Waals surface area contributed by atoms with Gasteiger partial charge in [-0.25, -0.2) is 0 Å². The number of benzene rings is 3. The molecule has 0 bridgehead atoms. The molecule has 39 heavy (non-hydrogen) atoms. The van der Waals surface area contributed by atoms with Crippen molar-refractivity contribution in [2.75, 3.05) is 33.8 Å². The minimum absolute atomic E-state index is 0.0779. The Morgan fingerprint density at radius 3 is 2.33 bits per heavy atom. The van der Waals surface area contributed by atoms with Crippen LogP contribution in [0.2, 0.25) is 0 Å². The summed E-state index contributed by atoms with van der Waals surface area (Å²) >= 11 is 0. The van der Waals surface area contributed by atoms with Crippen molar-refractivity contribution in [1.82, 2.24) is 9.80 Å². The summed E-state index contributed by atoms with van der Waals surface area (Å²) in [7, 11) is 3.93. The molecule has 1 fully saturated rings. The number of amides is 1. The largest absolute Gasteiger partial charge is 0.507 e. The molecule has 1 saturated heterocycles. The first-order chi connectivity index (χ1) is 18.8. The van der Waals surface area contributed by atoms with E-state index in [4.69, 9.17) is 9.47 Å². The Hall–Kier alpha value is -4.10. The monoisotopic (exact) mass is 528 g/mol. The van der Waals surface area contributed by atoms with E-state index in [0.717, 1.165) is 17.7 Å². The molecule has 0 spiro atoms. The normalized spacial score (nSPS) is 16.6. The molecule has 1 N–H and O–H groups in total. The van der Waals surface area contributed by atoms with E-state index in [1.165, 1.54) is 0 Å². The van der Waals surface area contributed by atoms with Crippen molar-refractivity contribution in [2.45, 2.75) is 32.9 Å². The molecule has 0 aromatic heterocycles. The van der Waals surface area contributed by atoms with Gasteiger partial charge < -0.3 is 24.4 Å². The molecule has 204 valence electrons. The van der Waals surface area contributed by atoms with Crippen LogP contribution >= 0.6 is 0 Å². The number of likely N-dealkylation sites (tertiary alicyclic amines) is 1. The van der Waals surface area contributed by atoms with E-state index in [1.807, 2.05) is 87.4 Å². The van der Waals surface area contributed by atoms with Crippen molar-refractivity contribution in [3.8, 4) is 11.5 Å². The Labute approximate surface area is 230 Å². The van der Waals surface area contributed by atoms with Crippen molar-refractivity contribution in [3.63, 3.8) is 0 Å². The maximum Gasteiger partial charge on any atom is 0.295 e. The molecule has 3 aromatic rings. The number of nitrogens with zero attached hydrogens (tertiary/aromatic N) is 2. The van der Waals surface area contributed by atoms with Crippen LogP contribution in [0.1, 0.15) is 41.6 Å². The second kappa shape index (κ2) is 12.6. The summed E-state index contributed by atoms with van der Waals surface area (Å²) in [6.07, 6.45) is 0.678. The lowest BCUT2D eigenvalue weighted by Crippen LogP contribution is -2.32. The maximum atomic E-state index is 13.3. The number of hydrogen-bond donors (Lipinski definition) is 1. The highest BCUT2D eigenvalue weighted by Gasteiger charge is 2.46. The molecule has 1 atom stereocenters. The molecular weight excluding hydrogens is 492 g/mol. The van der Waals surface area contributed by atoms with E-state index in [-0.39, 0.29) is 11.3 Å². The van der Waals surface area contributed by atoms with Gasteiger partial charge in [0.05, 0.1) is 18.2 Å². The number of aliphatic hydroxyl groups excluding tert-OH is 1. The predicted molar refractivity (Wildman–Crippen MR) is 152 cm³/mol.